The van der Waals surface area contributed by atoms with Crippen LogP contribution in [0.25, 0.3) is 0 Å². The number of nitrogens with zero attached hydrogens (tertiary/aromatic N) is 2. The lowest BCUT2D eigenvalue weighted by Crippen LogP contribution is -2.51. The quantitative estimate of drug-likeness (QED) is 0.359. The number of carbonyl (C=O) groups excluding carboxylic acids is 2. The van der Waals surface area contributed by atoms with Gasteiger partial charge in [0.2, 0.25) is 11.8 Å². The number of likely N-dealkylation sites (N-methyl/N-ethyl adjacent to an activating group) is 1. The van der Waals surface area contributed by atoms with Crippen molar-refractivity contribution in [2.24, 2.45) is 0 Å². The molecule has 3 rings (SSSR count). The Bertz CT molecular complexity index is 1430. The predicted octanol–water partition coefficient (Wildman–Crippen LogP) is 4.71. The van der Waals surface area contributed by atoms with E-state index in [-0.39, 0.29) is 17.3 Å². The summed E-state index contributed by atoms with van der Waals surface area (Å²) in [6.07, 6.45) is 0.333. The average molecular weight is 572 g/mol. The number of nitrogens with one attached hydrogen (secondary N) is 1. The van der Waals surface area contributed by atoms with Crippen LogP contribution in [-0.4, -0.2) is 51.9 Å². The lowest BCUT2D eigenvalue weighted by atomic mass is 10.1. The summed E-state index contributed by atoms with van der Waals surface area (Å²) in [6.45, 7) is 4.96. The molecule has 0 aromatic heterocycles. The lowest BCUT2D eigenvalue weighted by molar-refractivity contribution is -0.140. The third kappa shape index (κ3) is 7.10. The highest BCUT2D eigenvalue weighted by molar-refractivity contribution is 7.92. The number of halogens is 1. The minimum Gasteiger partial charge on any atom is -0.497 e. The first-order chi connectivity index (χ1) is 18.5. The summed E-state index contributed by atoms with van der Waals surface area (Å²) in [5, 5.41) is 3.06. The van der Waals surface area contributed by atoms with Crippen LogP contribution in [0.1, 0.15) is 30.0 Å². The Labute approximate surface area is 235 Å². The molecule has 0 bridgehead atoms. The zero-order chi connectivity index (χ0) is 28.7. The molecule has 8 nitrogen and oxygen atoms in total. The number of ether oxygens (including phenoxy) is 1. The summed E-state index contributed by atoms with van der Waals surface area (Å²) in [7, 11) is -1.10. The number of sulfonamides is 1. The Kier molecular flexibility index (Phi) is 9.99. The van der Waals surface area contributed by atoms with Gasteiger partial charge in [0.15, 0.2) is 0 Å². The van der Waals surface area contributed by atoms with Gasteiger partial charge in [-0.1, -0.05) is 48.4 Å². The second-order valence-corrected chi connectivity index (χ2v) is 11.5. The number of methoxy groups -OCH3 is 1. The Morgan fingerprint density at radius 3 is 2.31 bits per heavy atom. The molecule has 10 heteroatoms. The molecule has 0 aliphatic carbocycles. The molecule has 0 radical (unpaired) electrons. The molecule has 2 amide bonds. The third-order valence-electron chi connectivity index (χ3n) is 6.43. The molecule has 0 aliphatic heterocycles. The van der Waals surface area contributed by atoms with E-state index >= 15 is 0 Å². The zero-order valence-corrected chi connectivity index (χ0v) is 24.3. The first kappa shape index (κ1) is 30.0. The third-order valence-corrected chi connectivity index (χ3v) is 8.44. The molecule has 0 aliphatic rings. The molecule has 208 valence electrons. The van der Waals surface area contributed by atoms with Gasteiger partial charge in [0.1, 0.15) is 18.3 Å². The van der Waals surface area contributed by atoms with Crippen molar-refractivity contribution in [2.45, 2.75) is 44.7 Å². The van der Waals surface area contributed by atoms with Crippen LogP contribution >= 0.6 is 11.6 Å². The number of hydrogen-bond donors (Lipinski definition) is 1. The van der Waals surface area contributed by atoms with Gasteiger partial charge < -0.3 is 15.0 Å². The van der Waals surface area contributed by atoms with E-state index in [1.807, 2.05) is 13.0 Å². The van der Waals surface area contributed by atoms with Gasteiger partial charge in [0, 0.05) is 18.6 Å². The highest BCUT2D eigenvalue weighted by Gasteiger charge is 2.34. The SMILES string of the molecule is CCC(C(=O)NC)N(Cc1cccc(OC)c1)C(=O)CN(c1ccc(Cl)cc1C)S(=O)(=O)c1ccc(C)cc1. The van der Waals surface area contributed by atoms with E-state index in [0.29, 0.717) is 28.4 Å². The number of aryl methyl sites for hydroxylation is 2. The summed E-state index contributed by atoms with van der Waals surface area (Å²) in [4.78, 5) is 28.3. The van der Waals surface area contributed by atoms with Gasteiger partial charge in [-0.25, -0.2) is 8.42 Å². The summed E-state index contributed by atoms with van der Waals surface area (Å²) < 4.78 is 34.3. The van der Waals surface area contributed by atoms with Crippen LogP contribution in [0.3, 0.4) is 0 Å². The summed E-state index contributed by atoms with van der Waals surface area (Å²) >= 11 is 6.15. The van der Waals surface area contributed by atoms with Crippen LogP contribution in [0.15, 0.2) is 71.6 Å². The van der Waals surface area contributed by atoms with Crippen molar-refractivity contribution in [3.05, 3.63) is 88.4 Å². The van der Waals surface area contributed by atoms with Crippen LogP contribution < -0.4 is 14.4 Å². The number of amides is 2. The summed E-state index contributed by atoms with van der Waals surface area (Å²) in [5.41, 5.74) is 2.55. The van der Waals surface area contributed by atoms with Crippen LogP contribution in [0.5, 0.6) is 5.75 Å². The maximum Gasteiger partial charge on any atom is 0.264 e. The molecular formula is C29H34ClN3O5S. The smallest absolute Gasteiger partial charge is 0.264 e. The van der Waals surface area contributed by atoms with Crippen LogP contribution in [0, 0.1) is 13.8 Å². The van der Waals surface area contributed by atoms with E-state index in [1.165, 1.54) is 24.1 Å². The number of carbonyl (C=O) groups is 2. The summed E-state index contributed by atoms with van der Waals surface area (Å²) in [6, 6.07) is 17.6. The zero-order valence-electron chi connectivity index (χ0n) is 22.8. The van der Waals surface area contributed by atoms with Gasteiger partial charge in [-0.2, -0.15) is 0 Å². The standard InChI is InChI=1S/C29H34ClN3O5S/c1-6-26(29(35)31-4)32(18-22-8-7-9-24(17-22)38-5)28(34)19-33(27-15-12-23(30)16-21(27)3)39(36,37)25-13-10-20(2)11-14-25/h7-17,26H,6,18-19H2,1-5H3,(H,31,35). The van der Waals surface area contributed by atoms with E-state index in [2.05, 4.69) is 5.32 Å². The molecule has 0 saturated heterocycles. The van der Waals surface area contributed by atoms with Crippen LogP contribution in [0.4, 0.5) is 5.69 Å². The maximum absolute atomic E-state index is 14.0. The number of hydrogen-bond acceptors (Lipinski definition) is 5. The van der Waals surface area contributed by atoms with Crippen molar-refractivity contribution in [3.8, 4) is 5.75 Å². The van der Waals surface area contributed by atoms with Crippen molar-refractivity contribution in [1.29, 1.82) is 0 Å². The predicted molar refractivity (Wildman–Crippen MR) is 154 cm³/mol. The van der Waals surface area contributed by atoms with Gasteiger partial charge in [-0.15, -0.1) is 0 Å². The van der Waals surface area contributed by atoms with Gasteiger partial charge in [0.25, 0.3) is 10.0 Å². The lowest BCUT2D eigenvalue weighted by Gasteiger charge is -2.33. The normalized spacial score (nSPS) is 11.9. The van der Waals surface area contributed by atoms with Gasteiger partial charge in [0.05, 0.1) is 17.7 Å². The van der Waals surface area contributed by atoms with Gasteiger partial charge in [-0.3, -0.25) is 13.9 Å². The van der Waals surface area contributed by atoms with E-state index in [1.54, 1.807) is 69.5 Å². The molecule has 0 heterocycles. The number of benzene rings is 3. The highest BCUT2D eigenvalue weighted by Crippen LogP contribution is 2.30. The molecular weight excluding hydrogens is 538 g/mol. The topological polar surface area (TPSA) is 96.0 Å². The first-order valence-corrected chi connectivity index (χ1v) is 14.3. The van der Waals surface area contributed by atoms with E-state index in [4.69, 9.17) is 16.3 Å². The maximum atomic E-state index is 14.0. The van der Waals surface area contributed by atoms with Gasteiger partial charge in [-0.05, 0) is 73.9 Å². The fourth-order valence-corrected chi connectivity index (χ4v) is 6.01. The molecule has 1 unspecified atom stereocenters. The molecule has 39 heavy (non-hydrogen) atoms. The minimum atomic E-state index is -4.15. The average Bonchev–Trinajstić information content (AvgIpc) is 2.92. The Morgan fingerprint density at radius 2 is 1.72 bits per heavy atom. The fourth-order valence-electron chi connectivity index (χ4n) is 4.30. The van der Waals surface area contributed by atoms with Crippen molar-refractivity contribution < 1.29 is 22.7 Å². The number of anilines is 1. The molecule has 3 aromatic rings. The van der Waals surface area contributed by atoms with Crippen molar-refractivity contribution in [2.75, 3.05) is 25.0 Å². The molecule has 1 N–H and O–H groups in total. The second kappa shape index (κ2) is 13.0. The molecule has 0 saturated carbocycles. The fraction of sp³-hybridized carbons (Fsp3) is 0.310. The summed E-state index contributed by atoms with van der Waals surface area (Å²) in [5.74, 6) is -0.268. The van der Waals surface area contributed by atoms with Crippen molar-refractivity contribution >= 4 is 39.1 Å². The first-order valence-electron chi connectivity index (χ1n) is 12.5. The Morgan fingerprint density at radius 1 is 1.03 bits per heavy atom. The molecule has 1 atom stereocenters. The Hall–Kier alpha value is -3.56. The van der Waals surface area contributed by atoms with E-state index in [9.17, 15) is 18.0 Å². The Balaban J connectivity index is 2.10. The van der Waals surface area contributed by atoms with Gasteiger partial charge >= 0.3 is 0 Å². The van der Waals surface area contributed by atoms with E-state index in [0.717, 1.165) is 15.4 Å². The van der Waals surface area contributed by atoms with Crippen molar-refractivity contribution in [1.82, 2.24) is 10.2 Å². The largest absolute Gasteiger partial charge is 0.497 e. The minimum absolute atomic E-state index is 0.0490. The van der Waals surface area contributed by atoms with Crippen LogP contribution in [0.2, 0.25) is 5.02 Å². The number of rotatable bonds is 11. The van der Waals surface area contributed by atoms with Crippen LogP contribution in [-0.2, 0) is 26.2 Å². The molecule has 0 fully saturated rings. The van der Waals surface area contributed by atoms with E-state index < -0.39 is 28.5 Å². The molecule has 3 aromatic carbocycles. The monoisotopic (exact) mass is 571 g/mol. The highest BCUT2D eigenvalue weighted by atomic mass is 35.5. The van der Waals surface area contributed by atoms with Crippen molar-refractivity contribution in [3.63, 3.8) is 0 Å². The second-order valence-electron chi connectivity index (χ2n) is 9.17. The molecule has 0 spiro atoms.